The Morgan fingerprint density at radius 1 is 1.18 bits per heavy atom. The van der Waals surface area contributed by atoms with E-state index < -0.39 is 6.29 Å². The highest BCUT2D eigenvalue weighted by Crippen LogP contribution is 2.35. The van der Waals surface area contributed by atoms with Gasteiger partial charge in [0.2, 0.25) is 5.91 Å². The smallest absolute Gasteiger partial charge is 0.258 e. The molecule has 2 heterocycles. The Morgan fingerprint density at radius 3 is 2.52 bits per heavy atom. The van der Waals surface area contributed by atoms with E-state index in [1.807, 2.05) is 33.0 Å². The highest BCUT2D eigenvalue weighted by Gasteiger charge is 2.35. The van der Waals surface area contributed by atoms with Gasteiger partial charge in [0.25, 0.3) is 5.91 Å². The summed E-state index contributed by atoms with van der Waals surface area (Å²) in [5.74, 6) is -0.137. The van der Waals surface area contributed by atoms with Crippen LogP contribution in [0, 0.1) is 11.8 Å². The summed E-state index contributed by atoms with van der Waals surface area (Å²) >= 11 is 0. The minimum Gasteiger partial charge on any atom is -0.486 e. The second-order valence-electron chi connectivity index (χ2n) is 11.1. The van der Waals surface area contributed by atoms with E-state index >= 15 is 0 Å². The van der Waals surface area contributed by atoms with Crippen molar-refractivity contribution >= 4 is 17.5 Å². The van der Waals surface area contributed by atoms with Crippen molar-refractivity contribution in [1.29, 1.82) is 0 Å². The number of aliphatic hydroxyl groups is 3. The summed E-state index contributed by atoms with van der Waals surface area (Å²) in [7, 11) is 1.98. The molecule has 2 aliphatic heterocycles. The fourth-order valence-electron chi connectivity index (χ4n) is 5.36. The van der Waals surface area contributed by atoms with Crippen LogP contribution in [0.5, 0.6) is 5.75 Å². The van der Waals surface area contributed by atoms with Gasteiger partial charge in [-0.15, -0.1) is 0 Å². The number of nitrogens with one attached hydrogen (secondary N) is 2. The van der Waals surface area contributed by atoms with Crippen LogP contribution in [0.3, 0.4) is 0 Å². The van der Waals surface area contributed by atoms with Crippen molar-refractivity contribution in [3.05, 3.63) is 59.2 Å². The number of aliphatic hydroxyl groups excluding tert-OH is 2. The number of amides is 2. The number of para-hydroxylation sites is 1. The second kappa shape index (κ2) is 13.6. The fourth-order valence-corrected chi connectivity index (χ4v) is 5.36. The molecular weight excluding hydrogens is 512 g/mol. The topological polar surface area (TPSA) is 135 Å². The maximum Gasteiger partial charge on any atom is 0.258 e. The first-order chi connectivity index (χ1) is 19.2. The molecule has 2 amide bonds. The van der Waals surface area contributed by atoms with E-state index in [0.717, 1.165) is 31.5 Å². The summed E-state index contributed by atoms with van der Waals surface area (Å²) in [6.07, 6.45) is -0.316. The number of likely N-dealkylation sites (N-methyl/N-ethyl adjacent to an activating group) is 1. The molecule has 4 rings (SSSR count). The van der Waals surface area contributed by atoms with Gasteiger partial charge < -0.3 is 35.6 Å². The van der Waals surface area contributed by atoms with Gasteiger partial charge >= 0.3 is 0 Å². The van der Waals surface area contributed by atoms with Crippen LogP contribution in [-0.2, 0) is 11.3 Å². The fraction of sp³-hybridized carbons (Fsp3) is 0.533. The number of benzene rings is 2. The maximum absolute atomic E-state index is 13.7. The lowest BCUT2D eigenvalue weighted by Crippen LogP contribution is -2.49. The zero-order valence-corrected chi connectivity index (χ0v) is 23.5. The summed E-state index contributed by atoms with van der Waals surface area (Å²) in [5, 5.41) is 35.0. The molecule has 0 aliphatic carbocycles. The molecule has 40 heavy (non-hydrogen) atoms. The molecule has 0 spiro atoms. The van der Waals surface area contributed by atoms with Gasteiger partial charge in [0, 0.05) is 37.0 Å². The van der Waals surface area contributed by atoms with Gasteiger partial charge in [-0.1, -0.05) is 37.3 Å². The summed E-state index contributed by atoms with van der Waals surface area (Å²) in [6, 6.07) is 12.0. The number of rotatable bonds is 9. The van der Waals surface area contributed by atoms with Crippen molar-refractivity contribution in [2.24, 2.45) is 11.8 Å². The Labute approximate surface area is 235 Å². The molecule has 218 valence electrons. The monoisotopic (exact) mass is 554 g/mol. The number of piperidine rings is 1. The summed E-state index contributed by atoms with van der Waals surface area (Å²) in [6.45, 7) is 6.83. The molecule has 2 aliphatic rings. The van der Waals surface area contributed by atoms with Crippen LogP contribution in [0.15, 0.2) is 42.5 Å². The van der Waals surface area contributed by atoms with Crippen LogP contribution in [0.25, 0.3) is 0 Å². The van der Waals surface area contributed by atoms with Crippen molar-refractivity contribution in [1.82, 2.24) is 15.1 Å². The molecule has 1 fully saturated rings. The highest BCUT2D eigenvalue weighted by molar-refractivity contribution is 6.02. The number of hydrogen-bond donors (Lipinski definition) is 5. The van der Waals surface area contributed by atoms with Crippen molar-refractivity contribution < 1.29 is 29.6 Å². The third-order valence-electron chi connectivity index (χ3n) is 7.88. The second-order valence-corrected chi connectivity index (χ2v) is 11.1. The predicted molar refractivity (Wildman–Crippen MR) is 152 cm³/mol. The highest BCUT2D eigenvalue weighted by atomic mass is 16.5. The summed E-state index contributed by atoms with van der Waals surface area (Å²) in [5.41, 5.74) is 2.28. The van der Waals surface area contributed by atoms with E-state index in [1.165, 1.54) is 0 Å². The maximum atomic E-state index is 13.7. The Morgan fingerprint density at radius 2 is 1.88 bits per heavy atom. The van der Waals surface area contributed by atoms with Gasteiger partial charge in [-0.25, -0.2) is 0 Å². The molecule has 2 aromatic rings. The molecule has 0 unspecified atom stereocenters. The first-order valence-corrected chi connectivity index (χ1v) is 14.0. The molecule has 0 saturated carbocycles. The number of ether oxygens (including phenoxy) is 1. The predicted octanol–water partition coefficient (Wildman–Crippen LogP) is 1.96. The molecule has 10 nitrogen and oxygen atoms in total. The number of carbonyl (C=O) groups is 2. The van der Waals surface area contributed by atoms with Crippen LogP contribution < -0.4 is 15.4 Å². The molecule has 1 saturated heterocycles. The number of fused-ring (bicyclic) bond motifs is 1. The van der Waals surface area contributed by atoms with Crippen LogP contribution >= 0.6 is 0 Å². The van der Waals surface area contributed by atoms with Crippen molar-refractivity contribution in [3.8, 4) is 5.75 Å². The molecule has 0 radical (unpaired) electrons. The van der Waals surface area contributed by atoms with Gasteiger partial charge in [0.05, 0.1) is 23.9 Å². The SMILES string of the molecule is C[C@H]1CN([C@@H](C)CO)C(=O)c2cccc(NC(=O)C3CCNCC3)c2O[C@@H]1CN(C)Cc1ccc(C(O)O)cc1. The normalized spacial score (nSPS) is 21.0. The van der Waals surface area contributed by atoms with Gasteiger partial charge in [0.1, 0.15) is 6.10 Å². The van der Waals surface area contributed by atoms with Gasteiger partial charge in [0.15, 0.2) is 12.0 Å². The van der Waals surface area contributed by atoms with Crippen LogP contribution in [0.2, 0.25) is 0 Å². The van der Waals surface area contributed by atoms with E-state index in [4.69, 9.17) is 4.74 Å². The van der Waals surface area contributed by atoms with Crippen molar-refractivity contribution in [3.63, 3.8) is 0 Å². The standard InChI is InChI=1S/C30H42N4O6/c1-19-15-34(20(2)18-35)29(37)24-5-4-6-25(32-28(36)22-11-13-31-14-12-22)27(24)40-26(19)17-33(3)16-21-7-9-23(10-8-21)30(38)39/h4-10,19-20,22,26,30-31,35,38-39H,11-18H2,1-3H3,(H,32,36)/t19-,20-,26+/m0/s1. The van der Waals surface area contributed by atoms with Gasteiger partial charge in [-0.2, -0.15) is 0 Å². The van der Waals surface area contributed by atoms with E-state index in [1.54, 1.807) is 35.2 Å². The molecule has 3 atom stereocenters. The third kappa shape index (κ3) is 7.18. The first-order valence-electron chi connectivity index (χ1n) is 14.0. The summed E-state index contributed by atoms with van der Waals surface area (Å²) in [4.78, 5) is 30.6. The minimum absolute atomic E-state index is 0.0753. The molecule has 0 bridgehead atoms. The molecule has 5 N–H and O–H groups in total. The zero-order valence-electron chi connectivity index (χ0n) is 23.5. The van der Waals surface area contributed by atoms with E-state index in [9.17, 15) is 24.9 Å². The van der Waals surface area contributed by atoms with Crippen molar-refractivity contribution in [2.45, 2.75) is 51.7 Å². The number of hydrogen-bond acceptors (Lipinski definition) is 8. The van der Waals surface area contributed by atoms with Crippen molar-refractivity contribution in [2.75, 3.05) is 45.2 Å². The average Bonchev–Trinajstić information content (AvgIpc) is 2.95. The minimum atomic E-state index is -1.51. The lowest BCUT2D eigenvalue weighted by Gasteiger charge is -2.38. The van der Waals surface area contributed by atoms with Gasteiger partial charge in [-0.05, 0) is 57.6 Å². The lowest BCUT2D eigenvalue weighted by atomic mass is 9.96. The van der Waals surface area contributed by atoms with Crippen LogP contribution in [-0.4, -0.2) is 88.9 Å². The first kappa shape index (κ1) is 30.0. The zero-order chi connectivity index (χ0) is 28.8. The third-order valence-corrected chi connectivity index (χ3v) is 7.88. The van der Waals surface area contributed by atoms with Crippen LogP contribution in [0.1, 0.15) is 54.5 Å². The van der Waals surface area contributed by atoms with E-state index in [0.29, 0.717) is 42.2 Å². The Kier molecular flexibility index (Phi) is 10.2. The molecule has 2 aromatic carbocycles. The average molecular weight is 555 g/mol. The number of carbonyl (C=O) groups excluding carboxylic acids is 2. The van der Waals surface area contributed by atoms with E-state index in [-0.39, 0.29) is 42.4 Å². The molecule has 10 heteroatoms. The quantitative estimate of drug-likeness (QED) is 0.297. The molecular formula is C30H42N4O6. The number of anilines is 1. The van der Waals surface area contributed by atoms with Gasteiger partial charge in [-0.3, -0.25) is 14.5 Å². The van der Waals surface area contributed by atoms with E-state index in [2.05, 4.69) is 15.5 Å². The Balaban J connectivity index is 1.60. The molecule has 0 aromatic heterocycles. The largest absolute Gasteiger partial charge is 0.486 e. The summed E-state index contributed by atoms with van der Waals surface area (Å²) < 4.78 is 6.61. The Bertz CT molecular complexity index is 1150. The van der Waals surface area contributed by atoms with Crippen LogP contribution in [0.4, 0.5) is 5.69 Å². The number of nitrogens with zero attached hydrogens (tertiary/aromatic N) is 2. The Hall–Kier alpha value is -3.02. The lowest BCUT2D eigenvalue weighted by molar-refractivity contribution is -0.120.